The molecule has 5 rings (SSSR count). The molecule has 2 N–H and O–H groups in total. The topological polar surface area (TPSA) is 105 Å². The van der Waals surface area contributed by atoms with Gasteiger partial charge in [0.1, 0.15) is 17.3 Å². The molecule has 0 spiro atoms. The standard InChI is InChI=1S/C20H23F4N7O2S2/c1-10-6-30(7-11(2)26-10)15-12-5-25-17(19-28-27-18(34-19)16(23)24)31(12)8-13(14(15)22)35(32,33)29-20(9-21)3-4-20/h5,8,10-11,16,26,29H,3-4,6-7,9H2,1-2H3/t10-,11-/m0/s1. The van der Waals surface area contributed by atoms with Gasteiger partial charge >= 0.3 is 0 Å². The van der Waals surface area contributed by atoms with E-state index >= 15 is 4.39 Å². The molecule has 2 atom stereocenters. The van der Waals surface area contributed by atoms with Gasteiger partial charge in [0.2, 0.25) is 10.0 Å². The fraction of sp³-hybridized carbons (Fsp3) is 0.550. The van der Waals surface area contributed by atoms with E-state index in [0.29, 0.717) is 37.3 Å². The zero-order valence-corrected chi connectivity index (χ0v) is 20.4. The monoisotopic (exact) mass is 533 g/mol. The van der Waals surface area contributed by atoms with Crippen molar-refractivity contribution in [3.63, 3.8) is 0 Å². The van der Waals surface area contributed by atoms with Gasteiger partial charge in [-0.2, -0.15) is 0 Å². The van der Waals surface area contributed by atoms with Gasteiger partial charge in [-0.25, -0.2) is 35.7 Å². The van der Waals surface area contributed by atoms with Crippen LogP contribution in [0.5, 0.6) is 0 Å². The number of aromatic nitrogens is 4. The molecule has 0 aromatic carbocycles. The second-order valence-electron chi connectivity index (χ2n) is 9.13. The highest BCUT2D eigenvalue weighted by Gasteiger charge is 2.47. The number of rotatable bonds is 7. The first-order valence-electron chi connectivity index (χ1n) is 11.0. The van der Waals surface area contributed by atoms with Gasteiger partial charge in [0.25, 0.3) is 6.43 Å². The minimum Gasteiger partial charge on any atom is -0.364 e. The minimum atomic E-state index is -4.47. The molecule has 4 heterocycles. The lowest BCUT2D eigenvalue weighted by molar-refractivity contribution is 0.150. The molecule has 0 radical (unpaired) electrons. The van der Waals surface area contributed by atoms with Crippen LogP contribution in [-0.4, -0.2) is 65.4 Å². The number of sulfonamides is 1. The molecule has 2 fully saturated rings. The van der Waals surface area contributed by atoms with E-state index in [1.165, 1.54) is 10.6 Å². The van der Waals surface area contributed by atoms with Crippen molar-refractivity contribution in [2.75, 3.05) is 24.7 Å². The van der Waals surface area contributed by atoms with Crippen LogP contribution in [0.1, 0.15) is 38.1 Å². The molecule has 0 bridgehead atoms. The van der Waals surface area contributed by atoms with E-state index in [4.69, 9.17) is 0 Å². The Morgan fingerprint density at radius 2 is 1.94 bits per heavy atom. The number of hydrogen-bond donors (Lipinski definition) is 2. The lowest BCUT2D eigenvalue weighted by atomic mass is 10.1. The summed E-state index contributed by atoms with van der Waals surface area (Å²) in [6.07, 6.45) is 0.168. The number of anilines is 1. The van der Waals surface area contributed by atoms with Crippen LogP contribution in [0, 0.1) is 5.82 Å². The summed E-state index contributed by atoms with van der Waals surface area (Å²) in [5.41, 5.74) is -0.976. The number of piperazine rings is 1. The second-order valence-corrected chi connectivity index (χ2v) is 11.8. The van der Waals surface area contributed by atoms with Gasteiger partial charge in [0, 0.05) is 31.4 Å². The van der Waals surface area contributed by atoms with Crippen LogP contribution in [0.2, 0.25) is 0 Å². The lowest BCUT2D eigenvalue weighted by Crippen LogP contribution is -2.54. The Labute approximate surface area is 202 Å². The van der Waals surface area contributed by atoms with Crippen molar-refractivity contribution in [3.8, 4) is 10.8 Å². The maximum absolute atomic E-state index is 16.0. The third kappa shape index (κ3) is 4.38. The Kier molecular flexibility index (Phi) is 6.01. The molecule has 3 aromatic rings. The summed E-state index contributed by atoms with van der Waals surface area (Å²) in [6, 6.07) is -0.0333. The van der Waals surface area contributed by atoms with Crippen molar-refractivity contribution < 1.29 is 26.0 Å². The Balaban J connectivity index is 1.71. The van der Waals surface area contributed by atoms with E-state index in [9.17, 15) is 21.6 Å². The average Bonchev–Trinajstić information content (AvgIpc) is 3.18. The van der Waals surface area contributed by atoms with E-state index in [1.807, 2.05) is 13.8 Å². The normalized spacial score (nSPS) is 22.3. The molecular weight excluding hydrogens is 510 g/mol. The molecule has 1 saturated carbocycles. The molecule has 1 saturated heterocycles. The number of fused-ring (bicyclic) bond motifs is 1. The number of hydrogen-bond acceptors (Lipinski definition) is 8. The summed E-state index contributed by atoms with van der Waals surface area (Å²) < 4.78 is 85.7. The Morgan fingerprint density at radius 3 is 2.51 bits per heavy atom. The highest BCUT2D eigenvalue weighted by atomic mass is 32.2. The van der Waals surface area contributed by atoms with Crippen LogP contribution in [0.15, 0.2) is 17.3 Å². The molecule has 35 heavy (non-hydrogen) atoms. The third-order valence-corrected chi connectivity index (χ3v) is 8.64. The van der Waals surface area contributed by atoms with Crippen molar-refractivity contribution in [3.05, 3.63) is 23.2 Å². The van der Waals surface area contributed by atoms with Gasteiger partial charge in [-0.15, -0.1) is 10.2 Å². The molecule has 0 unspecified atom stereocenters. The molecule has 3 aromatic heterocycles. The van der Waals surface area contributed by atoms with E-state index in [-0.39, 0.29) is 34.1 Å². The van der Waals surface area contributed by atoms with Crippen LogP contribution in [-0.2, 0) is 10.0 Å². The van der Waals surface area contributed by atoms with E-state index in [2.05, 4.69) is 25.2 Å². The summed E-state index contributed by atoms with van der Waals surface area (Å²) in [5.74, 6) is -0.942. The summed E-state index contributed by atoms with van der Waals surface area (Å²) >= 11 is 0.609. The van der Waals surface area contributed by atoms with E-state index < -0.39 is 44.4 Å². The van der Waals surface area contributed by atoms with Gasteiger partial charge in [-0.3, -0.25) is 4.40 Å². The first-order chi connectivity index (χ1) is 16.5. The van der Waals surface area contributed by atoms with Crippen LogP contribution >= 0.6 is 11.3 Å². The summed E-state index contributed by atoms with van der Waals surface area (Å²) in [4.78, 5) is 5.29. The number of imidazole rings is 1. The maximum atomic E-state index is 16.0. The van der Waals surface area contributed by atoms with Crippen LogP contribution in [0.3, 0.4) is 0 Å². The van der Waals surface area contributed by atoms with Gasteiger partial charge in [-0.05, 0) is 26.7 Å². The Hall–Kier alpha value is -2.36. The first kappa shape index (κ1) is 24.3. The Morgan fingerprint density at radius 1 is 1.26 bits per heavy atom. The number of halogens is 4. The minimum absolute atomic E-state index is 0.00974. The highest BCUT2D eigenvalue weighted by molar-refractivity contribution is 7.89. The summed E-state index contributed by atoms with van der Waals surface area (Å²) in [7, 11) is -4.47. The van der Waals surface area contributed by atoms with E-state index in [1.54, 1.807) is 4.90 Å². The molecule has 1 aliphatic carbocycles. The molecular formula is C20H23F4N7O2S2. The Bertz CT molecular complexity index is 1360. The predicted octanol–water partition coefficient (Wildman–Crippen LogP) is 2.90. The SMILES string of the molecule is C[C@H]1CN(c2c(F)c(S(=O)(=O)NC3(CF)CC3)cn3c(-c4nnc(C(F)F)s4)ncc23)C[C@H](C)N1. The predicted molar refractivity (Wildman–Crippen MR) is 122 cm³/mol. The molecule has 9 nitrogen and oxygen atoms in total. The zero-order valence-electron chi connectivity index (χ0n) is 18.8. The van der Waals surface area contributed by atoms with Crippen molar-refractivity contribution in [1.82, 2.24) is 29.6 Å². The van der Waals surface area contributed by atoms with Crippen molar-refractivity contribution in [2.24, 2.45) is 0 Å². The van der Waals surface area contributed by atoms with Crippen LogP contribution in [0.25, 0.3) is 16.3 Å². The maximum Gasteiger partial charge on any atom is 0.291 e. The van der Waals surface area contributed by atoms with Gasteiger partial charge in [-0.1, -0.05) is 11.3 Å². The second kappa shape index (κ2) is 8.64. The lowest BCUT2D eigenvalue weighted by Gasteiger charge is -2.38. The number of nitrogens with zero attached hydrogens (tertiary/aromatic N) is 5. The molecule has 190 valence electrons. The van der Waals surface area contributed by atoms with Gasteiger partial charge < -0.3 is 10.2 Å². The fourth-order valence-electron chi connectivity index (χ4n) is 4.39. The fourth-order valence-corrected chi connectivity index (χ4v) is 6.60. The summed E-state index contributed by atoms with van der Waals surface area (Å²) in [5, 5.41) is 10.1. The van der Waals surface area contributed by atoms with E-state index in [0.717, 1.165) is 6.20 Å². The van der Waals surface area contributed by atoms with Crippen LogP contribution < -0.4 is 14.9 Å². The zero-order chi connectivity index (χ0) is 25.1. The first-order valence-corrected chi connectivity index (χ1v) is 13.3. The molecule has 15 heteroatoms. The molecule has 1 aliphatic heterocycles. The average molecular weight is 534 g/mol. The van der Waals surface area contributed by atoms with Gasteiger partial charge in [0.05, 0.1) is 17.3 Å². The number of nitrogens with one attached hydrogen (secondary N) is 2. The number of pyridine rings is 1. The quantitative estimate of drug-likeness (QED) is 0.450. The highest BCUT2D eigenvalue weighted by Crippen LogP contribution is 2.40. The third-order valence-electron chi connectivity index (χ3n) is 6.15. The van der Waals surface area contributed by atoms with Crippen molar-refractivity contribution in [2.45, 2.75) is 55.6 Å². The molecule has 0 amide bonds. The summed E-state index contributed by atoms with van der Waals surface area (Å²) in [6.45, 7) is 3.71. The van der Waals surface area contributed by atoms with Crippen molar-refractivity contribution >= 4 is 32.6 Å². The smallest absolute Gasteiger partial charge is 0.291 e. The van der Waals surface area contributed by atoms with Crippen LogP contribution in [0.4, 0.5) is 23.2 Å². The van der Waals surface area contributed by atoms with Gasteiger partial charge in [0.15, 0.2) is 21.7 Å². The van der Waals surface area contributed by atoms with Crippen molar-refractivity contribution in [1.29, 1.82) is 0 Å². The largest absolute Gasteiger partial charge is 0.364 e. The molecule has 2 aliphatic rings. The number of alkyl halides is 3.